The SMILES string of the molecule is CCn1cc(-c2nc3c(nc2N2CCC(Oc4cc(Cl)ccc4Cl)CC2)CCN(C(=O)CO)C3)cn1. The zero-order chi connectivity index (χ0) is 25.2. The van der Waals surface area contributed by atoms with Gasteiger partial charge in [-0.1, -0.05) is 23.2 Å². The number of rotatable bonds is 6. The van der Waals surface area contributed by atoms with Crippen LogP contribution in [0.2, 0.25) is 10.0 Å². The first kappa shape index (κ1) is 24.8. The van der Waals surface area contributed by atoms with Gasteiger partial charge in [0.05, 0.1) is 29.2 Å². The molecule has 36 heavy (non-hydrogen) atoms. The fourth-order valence-corrected chi connectivity index (χ4v) is 4.96. The van der Waals surface area contributed by atoms with Crippen molar-refractivity contribution < 1.29 is 14.6 Å². The van der Waals surface area contributed by atoms with Crippen LogP contribution in [0.4, 0.5) is 5.82 Å². The summed E-state index contributed by atoms with van der Waals surface area (Å²) in [7, 11) is 0. The van der Waals surface area contributed by atoms with Gasteiger partial charge in [-0.25, -0.2) is 9.97 Å². The lowest BCUT2D eigenvalue weighted by Crippen LogP contribution is -2.41. The first-order valence-electron chi connectivity index (χ1n) is 12.1. The van der Waals surface area contributed by atoms with Crippen molar-refractivity contribution in [1.29, 1.82) is 0 Å². The molecule has 1 aromatic carbocycles. The highest BCUT2D eigenvalue weighted by Gasteiger charge is 2.29. The predicted molar refractivity (Wildman–Crippen MR) is 137 cm³/mol. The standard InChI is InChI=1S/C25H28Cl2N6O3/c1-2-33-13-16(12-28-33)24-25(30-20-7-10-32(23(35)15-34)14-21(20)29-24)31-8-5-18(6-9-31)36-22-11-17(26)3-4-19(22)27/h3-4,11-13,18,34H,2,5-10,14-15H2,1H3. The Morgan fingerprint density at radius 2 is 1.97 bits per heavy atom. The quantitative estimate of drug-likeness (QED) is 0.520. The number of carbonyl (C=O) groups excluding carboxylic acids is 1. The number of piperidine rings is 1. The number of carbonyl (C=O) groups is 1. The molecule has 0 saturated carbocycles. The van der Waals surface area contributed by atoms with E-state index in [1.54, 1.807) is 29.3 Å². The topological polar surface area (TPSA) is 96.6 Å². The second-order valence-electron chi connectivity index (χ2n) is 8.98. The lowest BCUT2D eigenvalue weighted by atomic mass is 10.1. The number of aliphatic hydroxyl groups is 1. The summed E-state index contributed by atoms with van der Waals surface area (Å²) in [4.78, 5) is 26.0. The number of amides is 1. The van der Waals surface area contributed by atoms with Gasteiger partial charge in [0.15, 0.2) is 5.82 Å². The number of aliphatic hydroxyl groups excluding tert-OH is 1. The second-order valence-corrected chi connectivity index (χ2v) is 9.82. The molecule has 0 atom stereocenters. The molecule has 11 heteroatoms. The van der Waals surface area contributed by atoms with Gasteiger partial charge in [0.25, 0.3) is 0 Å². The summed E-state index contributed by atoms with van der Waals surface area (Å²) < 4.78 is 8.03. The van der Waals surface area contributed by atoms with Crippen LogP contribution in [0.1, 0.15) is 31.2 Å². The van der Waals surface area contributed by atoms with E-state index in [0.29, 0.717) is 35.3 Å². The average molecular weight is 531 g/mol. The molecule has 1 N–H and O–H groups in total. The van der Waals surface area contributed by atoms with Gasteiger partial charge in [-0.15, -0.1) is 0 Å². The maximum atomic E-state index is 12.1. The molecule has 0 bridgehead atoms. The Morgan fingerprint density at radius 1 is 1.17 bits per heavy atom. The minimum Gasteiger partial charge on any atom is -0.489 e. The molecule has 0 radical (unpaired) electrons. The Morgan fingerprint density at radius 3 is 2.69 bits per heavy atom. The Bertz CT molecular complexity index is 1260. The maximum absolute atomic E-state index is 12.1. The summed E-state index contributed by atoms with van der Waals surface area (Å²) in [5, 5.41) is 14.9. The van der Waals surface area contributed by atoms with Crippen molar-refractivity contribution in [2.45, 2.75) is 45.4 Å². The van der Waals surface area contributed by atoms with E-state index in [0.717, 1.165) is 60.9 Å². The molecule has 4 heterocycles. The van der Waals surface area contributed by atoms with Crippen molar-refractivity contribution in [2.24, 2.45) is 0 Å². The summed E-state index contributed by atoms with van der Waals surface area (Å²) in [6.45, 7) is 4.64. The zero-order valence-corrected chi connectivity index (χ0v) is 21.5. The van der Waals surface area contributed by atoms with Gasteiger partial charge in [0.1, 0.15) is 24.2 Å². The van der Waals surface area contributed by atoms with Crippen LogP contribution in [0.25, 0.3) is 11.3 Å². The number of aromatic nitrogens is 4. The van der Waals surface area contributed by atoms with Gasteiger partial charge in [-0.05, 0) is 19.1 Å². The molecule has 0 unspecified atom stereocenters. The number of benzene rings is 1. The lowest BCUT2D eigenvalue weighted by molar-refractivity contribution is -0.135. The highest BCUT2D eigenvalue weighted by atomic mass is 35.5. The van der Waals surface area contributed by atoms with E-state index in [1.165, 1.54) is 0 Å². The molecule has 2 aliphatic rings. The van der Waals surface area contributed by atoms with Crippen molar-refractivity contribution in [3.05, 3.63) is 52.0 Å². The van der Waals surface area contributed by atoms with Crippen LogP contribution >= 0.6 is 23.2 Å². The van der Waals surface area contributed by atoms with Gasteiger partial charge >= 0.3 is 0 Å². The van der Waals surface area contributed by atoms with Crippen LogP contribution in [0, 0.1) is 0 Å². The normalized spacial score (nSPS) is 16.2. The van der Waals surface area contributed by atoms with Gasteiger partial charge in [0, 0.05) is 68.3 Å². The van der Waals surface area contributed by atoms with Crippen molar-refractivity contribution in [3.63, 3.8) is 0 Å². The first-order valence-corrected chi connectivity index (χ1v) is 12.9. The van der Waals surface area contributed by atoms with Gasteiger partial charge < -0.3 is 19.6 Å². The molecule has 3 aromatic rings. The van der Waals surface area contributed by atoms with Crippen LogP contribution in [0.3, 0.4) is 0 Å². The van der Waals surface area contributed by atoms with Crippen LogP contribution < -0.4 is 9.64 Å². The third-order valence-electron chi connectivity index (χ3n) is 6.64. The summed E-state index contributed by atoms with van der Waals surface area (Å²) >= 11 is 12.4. The fraction of sp³-hybridized carbons (Fsp3) is 0.440. The highest BCUT2D eigenvalue weighted by Crippen LogP contribution is 2.34. The van der Waals surface area contributed by atoms with E-state index in [2.05, 4.69) is 10.00 Å². The average Bonchev–Trinajstić information content (AvgIpc) is 3.39. The Kier molecular flexibility index (Phi) is 7.32. The number of ether oxygens (including phenoxy) is 1. The van der Waals surface area contributed by atoms with Gasteiger partial charge in [0.2, 0.25) is 5.91 Å². The molecule has 5 rings (SSSR count). The molecule has 1 fully saturated rings. The van der Waals surface area contributed by atoms with Crippen LogP contribution in [-0.4, -0.2) is 68.0 Å². The Balaban J connectivity index is 1.39. The lowest BCUT2D eigenvalue weighted by Gasteiger charge is -2.35. The summed E-state index contributed by atoms with van der Waals surface area (Å²) in [6, 6.07) is 5.24. The van der Waals surface area contributed by atoms with E-state index in [-0.39, 0.29) is 12.0 Å². The Hall–Kier alpha value is -2.88. The zero-order valence-electron chi connectivity index (χ0n) is 20.0. The molecule has 190 valence electrons. The Labute approximate surface area is 219 Å². The number of hydrogen-bond donors (Lipinski definition) is 1. The van der Waals surface area contributed by atoms with Crippen molar-refractivity contribution in [2.75, 3.05) is 31.1 Å². The number of fused-ring (bicyclic) bond motifs is 1. The number of anilines is 1. The molecule has 2 aliphatic heterocycles. The third-order valence-corrected chi connectivity index (χ3v) is 7.19. The fourth-order valence-electron chi connectivity index (χ4n) is 4.64. The van der Waals surface area contributed by atoms with Gasteiger partial charge in [-0.2, -0.15) is 5.10 Å². The molecule has 0 spiro atoms. The summed E-state index contributed by atoms with van der Waals surface area (Å²) in [6.07, 6.45) is 5.99. The van der Waals surface area contributed by atoms with E-state index >= 15 is 0 Å². The molecular weight excluding hydrogens is 503 g/mol. The van der Waals surface area contributed by atoms with E-state index in [9.17, 15) is 9.90 Å². The van der Waals surface area contributed by atoms with Crippen LogP contribution in [-0.2, 0) is 24.3 Å². The largest absolute Gasteiger partial charge is 0.489 e. The second kappa shape index (κ2) is 10.6. The first-order chi connectivity index (χ1) is 17.4. The van der Waals surface area contributed by atoms with Crippen molar-refractivity contribution in [1.82, 2.24) is 24.6 Å². The molecule has 9 nitrogen and oxygen atoms in total. The van der Waals surface area contributed by atoms with E-state index < -0.39 is 6.61 Å². The summed E-state index contributed by atoms with van der Waals surface area (Å²) in [5.74, 6) is 1.13. The molecule has 0 aliphatic carbocycles. The van der Waals surface area contributed by atoms with Gasteiger partial charge in [-0.3, -0.25) is 9.48 Å². The number of nitrogens with zero attached hydrogens (tertiary/aromatic N) is 6. The third kappa shape index (κ3) is 5.14. The minimum atomic E-state index is -0.506. The van der Waals surface area contributed by atoms with E-state index in [4.69, 9.17) is 37.9 Å². The smallest absolute Gasteiger partial charge is 0.248 e. The summed E-state index contributed by atoms with van der Waals surface area (Å²) in [5.41, 5.74) is 3.29. The molecule has 2 aromatic heterocycles. The van der Waals surface area contributed by atoms with E-state index in [1.807, 2.05) is 17.8 Å². The minimum absolute atomic E-state index is 0.0205. The maximum Gasteiger partial charge on any atom is 0.248 e. The van der Waals surface area contributed by atoms with Crippen LogP contribution in [0.15, 0.2) is 30.6 Å². The van der Waals surface area contributed by atoms with Crippen molar-refractivity contribution >= 4 is 34.9 Å². The van der Waals surface area contributed by atoms with Crippen molar-refractivity contribution in [3.8, 4) is 17.0 Å². The van der Waals surface area contributed by atoms with Crippen LogP contribution in [0.5, 0.6) is 5.75 Å². The number of hydrogen-bond acceptors (Lipinski definition) is 7. The predicted octanol–water partition coefficient (Wildman–Crippen LogP) is 3.59. The highest BCUT2D eigenvalue weighted by molar-refractivity contribution is 6.34. The molecule has 1 saturated heterocycles. The number of halogens is 2. The molecule has 1 amide bonds. The molecular formula is C25H28Cl2N6O3. The number of aryl methyl sites for hydroxylation is 1. The monoisotopic (exact) mass is 530 g/mol.